The van der Waals surface area contributed by atoms with Gasteiger partial charge in [-0.15, -0.1) is 0 Å². The predicted octanol–water partition coefficient (Wildman–Crippen LogP) is 1.83. The highest BCUT2D eigenvalue weighted by atomic mass is 79.9. The van der Waals surface area contributed by atoms with Crippen LogP contribution in [0, 0.1) is 5.92 Å². The van der Waals surface area contributed by atoms with Crippen LogP contribution in [-0.2, 0) is 4.79 Å². The zero-order chi connectivity index (χ0) is 14.5. The number of aromatic nitrogens is 1. The Labute approximate surface area is 126 Å². The van der Waals surface area contributed by atoms with Crippen LogP contribution in [0.25, 0.3) is 0 Å². The molecule has 5 nitrogen and oxygen atoms in total. The molecule has 0 aliphatic carbocycles. The number of likely N-dealkylation sites (tertiary alicyclic amines) is 1. The van der Waals surface area contributed by atoms with Crippen LogP contribution in [-0.4, -0.2) is 41.3 Å². The molecule has 0 unspecified atom stereocenters. The summed E-state index contributed by atoms with van der Waals surface area (Å²) in [6.07, 6.45) is 1.43. The lowest BCUT2D eigenvalue weighted by Gasteiger charge is -2.31. The third-order valence-electron chi connectivity index (χ3n) is 3.44. The highest BCUT2D eigenvalue weighted by Crippen LogP contribution is 2.19. The number of carbonyl (C=O) groups is 2. The van der Waals surface area contributed by atoms with Crippen molar-refractivity contribution in [2.75, 3.05) is 19.6 Å². The van der Waals surface area contributed by atoms with Crippen molar-refractivity contribution in [3.63, 3.8) is 0 Å². The van der Waals surface area contributed by atoms with Gasteiger partial charge in [0.25, 0.3) is 5.91 Å². The second kappa shape index (κ2) is 6.83. The maximum atomic E-state index is 12.3. The van der Waals surface area contributed by atoms with Crippen molar-refractivity contribution in [1.82, 2.24) is 15.2 Å². The van der Waals surface area contributed by atoms with E-state index in [9.17, 15) is 9.59 Å². The fraction of sp³-hybridized carbons (Fsp3) is 0.500. The van der Waals surface area contributed by atoms with Crippen LogP contribution in [0.4, 0.5) is 0 Å². The summed E-state index contributed by atoms with van der Waals surface area (Å²) in [5.41, 5.74) is 0.441. The minimum absolute atomic E-state index is 0.0227. The Morgan fingerprint density at radius 3 is 2.70 bits per heavy atom. The van der Waals surface area contributed by atoms with Gasteiger partial charge in [-0.25, -0.2) is 4.98 Å². The third-order valence-corrected chi connectivity index (χ3v) is 3.88. The fourth-order valence-electron chi connectivity index (χ4n) is 2.35. The molecular formula is C14H18BrN3O2. The van der Waals surface area contributed by atoms with Gasteiger partial charge in [0.15, 0.2) is 0 Å². The van der Waals surface area contributed by atoms with E-state index in [1.807, 2.05) is 6.92 Å². The molecule has 2 rings (SSSR count). The number of hydrogen-bond acceptors (Lipinski definition) is 3. The van der Waals surface area contributed by atoms with Crippen LogP contribution in [0.2, 0.25) is 0 Å². The number of hydrogen-bond donors (Lipinski definition) is 1. The molecule has 6 heteroatoms. The van der Waals surface area contributed by atoms with E-state index in [4.69, 9.17) is 0 Å². The van der Waals surface area contributed by atoms with Crippen molar-refractivity contribution in [2.45, 2.75) is 19.8 Å². The molecule has 0 radical (unpaired) electrons. The van der Waals surface area contributed by atoms with Crippen LogP contribution in [0.15, 0.2) is 22.8 Å². The molecule has 1 fully saturated rings. The minimum atomic E-state index is -0.0688. The minimum Gasteiger partial charge on any atom is -0.356 e. The zero-order valence-corrected chi connectivity index (χ0v) is 13.0. The van der Waals surface area contributed by atoms with Crippen molar-refractivity contribution in [3.05, 3.63) is 28.5 Å². The van der Waals surface area contributed by atoms with Gasteiger partial charge >= 0.3 is 0 Å². The topological polar surface area (TPSA) is 62.3 Å². The molecule has 108 valence electrons. The van der Waals surface area contributed by atoms with Crippen LogP contribution in [0.1, 0.15) is 30.3 Å². The van der Waals surface area contributed by atoms with Gasteiger partial charge in [-0.2, -0.15) is 0 Å². The van der Waals surface area contributed by atoms with Gasteiger partial charge in [-0.1, -0.05) is 6.07 Å². The van der Waals surface area contributed by atoms with Crippen molar-refractivity contribution in [2.24, 2.45) is 5.92 Å². The van der Waals surface area contributed by atoms with E-state index >= 15 is 0 Å². The van der Waals surface area contributed by atoms with Gasteiger partial charge in [-0.3, -0.25) is 9.59 Å². The normalized spacial score (nSPS) is 16.0. The lowest BCUT2D eigenvalue weighted by Crippen LogP contribution is -2.43. The Bertz CT molecular complexity index is 499. The Morgan fingerprint density at radius 1 is 1.40 bits per heavy atom. The molecule has 1 saturated heterocycles. The summed E-state index contributed by atoms with van der Waals surface area (Å²) in [7, 11) is 0. The molecular weight excluding hydrogens is 322 g/mol. The van der Waals surface area contributed by atoms with Crippen molar-refractivity contribution in [3.8, 4) is 0 Å². The van der Waals surface area contributed by atoms with Crippen LogP contribution in [0.3, 0.4) is 0 Å². The van der Waals surface area contributed by atoms with Gasteiger partial charge in [0, 0.05) is 25.6 Å². The summed E-state index contributed by atoms with van der Waals surface area (Å²) in [4.78, 5) is 30.0. The second-order valence-electron chi connectivity index (χ2n) is 4.81. The van der Waals surface area contributed by atoms with Gasteiger partial charge in [-0.05, 0) is 47.8 Å². The maximum Gasteiger partial charge on any atom is 0.272 e. The summed E-state index contributed by atoms with van der Waals surface area (Å²) in [5.74, 6) is 0.0512. The highest BCUT2D eigenvalue weighted by molar-refractivity contribution is 9.10. The van der Waals surface area contributed by atoms with E-state index in [2.05, 4.69) is 26.2 Å². The summed E-state index contributed by atoms with van der Waals surface area (Å²) in [5, 5.41) is 2.84. The second-order valence-corrected chi connectivity index (χ2v) is 5.62. The molecule has 2 heterocycles. The predicted molar refractivity (Wildman–Crippen MR) is 79.2 cm³/mol. The molecule has 1 aromatic rings. The Kier molecular flexibility index (Phi) is 5.11. The molecule has 0 aromatic carbocycles. The SMILES string of the molecule is CCNC(=O)C1CCN(C(=O)c2cccc(Br)n2)CC1. The quantitative estimate of drug-likeness (QED) is 0.854. The highest BCUT2D eigenvalue weighted by Gasteiger charge is 2.27. The van der Waals surface area contributed by atoms with Crippen LogP contribution in [0.5, 0.6) is 0 Å². The van der Waals surface area contributed by atoms with Crippen LogP contribution >= 0.6 is 15.9 Å². The first-order valence-corrected chi connectivity index (χ1v) is 7.60. The van der Waals surface area contributed by atoms with Gasteiger partial charge in [0.2, 0.25) is 5.91 Å². The van der Waals surface area contributed by atoms with Crippen molar-refractivity contribution in [1.29, 1.82) is 0 Å². The number of nitrogens with one attached hydrogen (secondary N) is 1. The summed E-state index contributed by atoms with van der Waals surface area (Å²) in [6.45, 7) is 3.78. The van der Waals surface area contributed by atoms with Gasteiger partial charge < -0.3 is 10.2 Å². The molecule has 0 saturated carbocycles. The number of nitrogens with zero attached hydrogens (tertiary/aromatic N) is 2. The first-order chi connectivity index (χ1) is 9.61. The lowest BCUT2D eigenvalue weighted by molar-refractivity contribution is -0.126. The molecule has 1 aliphatic heterocycles. The summed E-state index contributed by atoms with van der Waals surface area (Å²) < 4.78 is 0.653. The first kappa shape index (κ1) is 15.0. The first-order valence-electron chi connectivity index (χ1n) is 6.81. The number of carbonyl (C=O) groups excluding carboxylic acids is 2. The number of amides is 2. The van der Waals surface area contributed by atoms with E-state index in [0.29, 0.717) is 42.8 Å². The molecule has 1 aliphatic rings. The molecule has 0 bridgehead atoms. The molecule has 0 atom stereocenters. The van der Waals surface area contributed by atoms with E-state index in [0.717, 1.165) is 0 Å². The summed E-state index contributed by atoms with van der Waals surface area (Å²) in [6, 6.07) is 5.30. The number of piperidine rings is 1. The number of rotatable bonds is 3. The average Bonchev–Trinajstić information content (AvgIpc) is 2.47. The molecule has 2 amide bonds. The average molecular weight is 340 g/mol. The Morgan fingerprint density at radius 2 is 2.10 bits per heavy atom. The van der Waals surface area contributed by atoms with Crippen LogP contribution < -0.4 is 5.32 Å². The monoisotopic (exact) mass is 339 g/mol. The molecule has 1 aromatic heterocycles. The smallest absolute Gasteiger partial charge is 0.272 e. The van der Waals surface area contributed by atoms with E-state index in [-0.39, 0.29) is 17.7 Å². The standard InChI is InChI=1S/C14H18BrN3O2/c1-2-16-13(19)10-6-8-18(9-7-10)14(20)11-4-3-5-12(15)17-11/h3-5,10H,2,6-9H2,1H3,(H,16,19). The maximum absolute atomic E-state index is 12.3. The Hall–Kier alpha value is -1.43. The van der Waals surface area contributed by atoms with E-state index < -0.39 is 0 Å². The number of halogens is 1. The molecule has 0 spiro atoms. The van der Waals surface area contributed by atoms with E-state index in [1.165, 1.54) is 0 Å². The van der Waals surface area contributed by atoms with Crippen molar-refractivity contribution >= 4 is 27.7 Å². The van der Waals surface area contributed by atoms with Crippen molar-refractivity contribution < 1.29 is 9.59 Å². The molecule has 20 heavy (non-hydrogen) atoms. The lowest BCUT2D eigenvalue weighted by atomic mass is 9.95. The fourth-order valence-corrected chi connectivity index (χ4v) is 2.70. The number of pyridine rings is 1. The molecule has 1 N–H and O–H groups in total. The van der Waals surface area contributed by atoms with Gasteiger partial charge in [0.1, 0.15) is 10.3 Å². The third kappa shape index (κ3) is 3.56. The summed E-state index contributed by atoms with van der Waals surface area (Å²) >= 11 is 3.27. The van der Waals surface area contributed by atoms with E-state index in [1.54, 1.807) is 23.1 Å². The van der Waals surface area contributed by atoms with Gasteiger partial charge in [0.05, 0.1) is 0 Å². The largest absolute Gasteiger partial charge is 0.356 e. The zero-order valence-electron chi connectivity index (χ0n) is 11.4. The Balaban J connectivity index is 1.93.